The quantitative estimate of drug-likeness (QED) is 0.624. The Morgan fingerprint density at radius 1 is 1.32 bits per heavy atom. The van der Waals surface area contributed by atoms with Crippen LogP contribution < -0.4 is 4.90 Å². The maximum Gasteiger partial charge on any atom is 0.323 e. The summed E-state index contributed by atoms with van der Waals surface area (Å²) >= 11 is 12.5. The van der Waals surface area contributed by atoms with Crippen molar-refractivity contribution in [2.45, 2.75) is 18.3 Å². The second kappa shape index (κ2) is 5.10. The predicted octanol–water partition coefficient (Wildman–Crippen LogP) is 3.43. The van der Waals surface area contributed by atoms with E-state index in [1.165, 1.54) is 12.1 Å². The third-order valence-corrected chi connectivity index (χ3v) is 4.29. The number of nitrogens with zero attached hydrogens (tertiary/aromatic N) is 4. The zero-order valence-electron chi connectivity index (χ0n) is 11.8. The van der Waals surface area contributed by atoms with Gasteiger partial charge < -0.3 is 9.42 Å². The van der Waals surface area contributed by atoms with Crippen molar-refractivity contribution in [3.63, 3.8) is 0 Å². The lowest BCUT2D eigenvalue weighted by atomic mass is 9.94. The Kier molecular flexibility index (Phi) is 3.49. The van der Waals surface area contributed by atoms with Crippen LogP contribution in [0.3, 0.4) is 0 Å². The molecule has 0 aliphatic heterocycles. The second-order valence-corrected chi connectivity index (χ2v) is 6.23. The minimum absolute atomic E-state index is 0.142. The third-order valence-electron chi connectivity index (χ3n) is 3.69. The lowest BCUT2D eigenvalue weighted by molar-refractivity contribution is -0.384. The van der Waals surface area contributed by atoms with Crippen molar-refractivity contribution in [3.8, 4) is 0 Å². The standard InChI is InChI=1S/C13H12Cl2N4O3/c1-18(2)12-16-11(17-22-12)13(3-4-13)10-8(14)5-7(19(20)21)6-9(10)15/h5-6H,3-4H2,1-2H3. The summed E-state index contributed by atoms with van der Waals surface area (Å²) in [5, 5.41) is 15.4. The second-order valence-electron chi connectivity index (χ2n) is 5.42. The molecule has 0 atom stereocenters. The summed E-state index contributed by atoms with van der Waals surface area (Å²) in [6.45, 7) is 0. The van der Waals surface area contributed by atoms with Crippen LogP contribution in [0.4, 0.5) is 11.7 Å². The first kappa shape index (κ1) is 15.1. The molecule has 3 rings (SSSR count). The highest BCUT2D eigenvalue weighted by Gasteiger charge is 2.52. The van der Waals surface area contributed by atoms with Crippen LogP contribution in [0.25, 0.3) is 0 Å². The molecule has 0 amide bonds. The topological polar surface area (TPSA) is 85.3 Å². The molecule has 1 aromatic heterocycles. The van der Waals surface area contributed by atoms with Gasteiger partial charge in [0.2, 0.25) is 0 Å². The van der Waals surface area contributed by atoms with E-state index in [1.54, 1.807) is 19.0 Å². The van der Waals surface area contributed by atoms with Crippen LogP contribution in [-0.2, 0) is 5.41 Å². The molecule has 2 aromatic rings. The Labute approximate surface area is 136 Å². The van der Waals surface area contributed by atoms with E-state index >= 15 is 0 Å². The van der Waals surface area contributed by atoms with Crippen molar-refractivity contribution in [1.29, 1.82) is 0 Å². The summed E-state index contributed by atoms with van der Waals surface area (Å²) < 4.78 is 5.19. The van der Waals surface area contributed by atoms with Gasteiger partial charge in [0.1, 0.15) is 0 Å². The summed E-state index contributed by atoms with van der Waals surface area (Å²) in [4.78, 5) is 16.4. The van der Waals surface area contributed by atoms with Gasteiger partial charge in [-0.3, -0.25) is 10.1 Å². The molecule has 116 valence electrons. The zero-order chi connectivity index (χ0) is 16.1. The lowest BCUT2D eigenvalue weighted by Crippen LogP contribution is -2.14. The van der Waals surface area contributed by atoms with Gasteiger partial charge in [-0.25, -0.2) is 0 Å². The summed E-state index contributed by atoms with van der Waals surface area (Å²) in [5.41, 5.74) is -0.0506. The molecule has 0 radical (unpaired) electrons. The maximum atomic E-state index is 10.9. The van der Waals surface area contributed by atoms with Crippen molar-refractivity contribution >= 4 is 34.9 Å². The van der Waals surface area contributed by atoms with Crippen molar-refractivity contribution in [2.75, 3.05) is 19.0 Å². The van der Waals surface area contributed by atoms with E-state index in [0.717, 1.165) is 12.8 Å². The van der Waals surface area contributed by atoms with Crippen LogP contribution in [0.15, 0.2) is 16.7 Å². The molecule has 1 aliphatic carbocycles. The number of nitro groups is 1. The minimum atomic E-state index is -0.528. The molecule has 0 bridgehead atoms. The molecule has 1 aliphatic rings. The molecule has 1 fully saturated rings. The van der Waals surface area contributed by atoms with E-state index < -0.39 is 10.3 Å². The third kappa shape index (κ3) is 2.30. The van der Waals surface area contributed by atoms with E-state index in [0.29, 0.717) is 17.4 Å². The summed E-state index contributed by atoms with van der Waals surface area (Å²) in [5.74, 6) is 0.494. The molecular weight excluding hydrogens is 331 g/mol. The smallest absolute Gasteiger partial charge is 0.323 e. The van der Waals surface area contributed by atoms with Gasteiger partial charge >= 0.3 is 6.01 Å². The molecule has 9 heteroatoms. The zero-order valence-corrected chi connectivity index (χ0v) is 13.4. The maximum absolute atomic E-state index is 10.9. The number of nitro benzene ring substituents is 1. The average molecular weight is 343 g/mol. The van der Waals surface area contributed by atoms with Crippen LogP contribution >= 0.6 is 23.2 Å². The minimum Gasteiger partial charge on any atom is -0.331 e. The number of benzene rings is 1. The molecule has 1 aromatic carbocycles. The highest BCUT2D eigenvalue weighted by Crippen LogP contribution is 2.57. The van der Waals surface area contributed by atoms with Gasteiger partial charge in [0.05, 0.1) is 20.4 Å². The fraction of sp³-hybridized carbons (Fsp3) is 0.385. The first-order chi connectivity index (χ1) is 10.3. The van der Waals surface area contributed by atoms with Crippen molar-refractivity contribution in [2.24, 2.45) is 0 Å². The molecule has 0 saturated heterocycles. The van der Waals surface area contributed by atoms with Gasteiger partial charge in [-0.15, -0.1) is 0 Å². The summed E-state index contributed by atoms with van der Waals surface area (Å²) in [6, 6.07) is 2.99. The molecule has 0 N–H and O–H groups in total. The van der Waals surface area contributed by atoms with Gasteiger partial charge in [0.25, 0.3) is 5.69 Å². The van der Waals surface area contributed by atoms with Crippen LogP contribution in [0, 0.1) is 10.1 Å². The Morgan fingerprint density at radius 2 is 1.91 bits per heavy atom. The van der Waals surface area contributed by atoms with Gasteiger partial charge in [-0.05, 0) is 12.8 Å². The number of hydrogen-bond donors (Lipinski definition) is 0. The summed E-state index contributed by atoms with van der Waals surface area (Å²) in [6.07, 6.45) is 1.52. The normalized spacial score (nSPS) is 15.6. The number of non-ortho nitro benzene ring substituents is 1. The number of rotatable bonds is 4. The molecule has 1 saturated carbocycles. The van der Waals surface area contributed by atoms with Crippen molar-refractivity contribution < 1.29 is 9.45 Å². The Bertz CT molecular complexity index is 732. The van der Waals surface area contributed by atoms with Crippen LogP contribution in [0.1, 0.15) is 24.2 Å². The number of halogens is 2. The van der Waals surface area contributed by atoms with Gasteiger partial charge in [0.15, 0.2) is 5.82 Å². The highest BCUT2D eigenvalue weighted by molar-refractivity contribution is 6.36. The van der Waals surface area contributed by atoms with Crippen molar-refractivity contribution in [3.05, 3.63) is 43.7 Å². The lowest BCUT2D eigenvalue weighted by Gasteiger charge is -2.15. The highest BCUT2D eigenvalue weighted by atomic mass is 35.5. The van der Waals surface area contributed by atoms with E-state index in [2.05, 4.69) is 10.1 Å². The largest absolute Gasteiger partial charge is 0.331 e. The van der Waals surface area contributed by atoms with Crippen LogP contribution in [-0.4, -0.2) is 29.2 Å². The number of hydrogen-bond acceptors (Lipinski definition) is 6. The van der Waals surface area contributed by atoms with E-state index in [1.807, 2.05) is 0 Å². The molecule has 1 heterocycles. The monoisotopic (exact) mass is 342 g/mol. The van der Waals surface area contributed by atoms with Gasteiger partial charge in [-0.1, -0.05) is 28.4 Å². The van der Waals surface area contributed by atoms with Crippen molar-refractivity contribution in [1.82, 2.24) is 10.1 Å². The fourth-order valence-corrected chi connectivity index (χ4v) is 3.26. The van der Waals surface area contributed by atoms with Crippen LogP contribution in [0.5, 0.6) is 0 Å². The first-order valence-corrected chi connectivity index (χ1v) is 7.26. The molecule has 0 spiro atoms. The molecule has 7 nitrogen and oxygen atoms in total. The Morgan fingerprint density at radius 3 is 2.32 bits per heavy atom. The fourth-order valence-electron chi connectivity index (χ4n) is 2.42. The summed E-state index contributed by atoms with van der Waals surface area (Å²) in [7, 11) is 3.59. The van der Waals surface area contributed by atoms with Crippen LogP contribution in [0.2, 0.25) is 10.0 Å². The van der Waals surface area contributed by atoms with E-state index in [4.69, 9.17) is 27.7 Å². The van der Waals surface area contributed by atoms with Gasteiger partial charge in [0, 0.05) is 31.8 Å². The molecular formula is C13H12Cl2N4O3. The SMILES string of the molecule is CN(C)c1nc(C2(c3c(Cl)cc([N+](=O)[O-])cc3Cl)CC2)no1. The Balaban J connectivity index is 2.08. The number of aromatic nitrogens is 2. The molecule has 0 unspecified atom stereocenters. The molecule has 22 heavy (non-hydrogen) atoms. The van der Waals surface area contributed by atoms with E-state index in [9.17, 15) is 10.1 Å². The van der Waals surface area contributed by atoms with E-state index in [-0.39, 0.29) is 15.7 Å². The number of anilines is 1. The Hall–Kier alpha value is -1.86. The first-order valence-electron chi connectivity index (χ1n) is 6.50. The average Bonchev–Trinajstić information content (AvgIpc) is 3.05. The predicted molar refractivity (Wildman–Crippen MR) is 81.8 cm³/mol. The van der Waals surface area contributed by atoms with Gasteiger partial charge in [-0.2, -0.15) is 4.98 Å².